The molecule has 0 N–H and O–H groups in total. The van der Waals surface area contributed by atoms with Crippen LogP contribution in [0, 0.1) is 13.8 Å². The zero-order valence-corrected chi connectivity index (χ0v) is 15.4. The van der Waals surface area contributed by atoms with Gasteiger partial charge in [0.05, 0.1) is 19.9 Å². The molecule has 0 bridgehead atoms. The summed E-state index contributed by atoms with van der Waals surface area (Å²) in [7, 11) is 5.41. The van der Waals surface area contributed by atoms with Gasteiger partial charge in [0, 0.05) is 23.5 Å². The Balaban J connectivity index is 2.21. The van der Waals surface area contributed by atoms with Crippen LogP contribution in [0.1, 0.15) is 22.6 Å². The van der Waals surface area contributed by atoms with Crippen molar-refractivity contribution in [1.29, 1.82) is 0 Å². The van der Waals surface area contributed by atoms with Gasteiger partial charge in [-0.2, -0.15) is 0 Å². The highest BCUT2D eigenvalue weighted by Gasteiger charge is 2.15. The van der Waals surface area contributed by atoms with E-state index in [1.54, 1.807) is 26.0 Å². The Morgan fingerprint density at radius 2 is 1.78 bits per heavy atom. The molecule has 0 saturated heterocycles. The van der Waals surface area contributed by atoms with E-state index in [1.165, 1.54) is 10.5 Å². The van der Waals surface area contributed by atoms with Crippen molar-refractivity contribution in [2.75, 3.05) is 27.5 Å². The molecule has 0 radical (unpaired) electrons. The van der Waals surface area contributed by atoms with Crippen molar-refractivity contribution in [3.05, 3.63) is 34.7 Å². The summed E-state index contributed by atoms with van der Waals surface area (Å²) in [6.45, 7) is 5.53. The lowest BCUT2D eigenvalue weighted by atomic mass is 10.1. The monoisotopic (exact) mass is 336 g/mol. The maximum absolute atomic E-state index is 5.42. The van der Waals surface area contributed by atoms with Crippen LogP contribution in [0.2, 0.25) is 0 Å². The largest absolute Gasteiger partial charge is 0.493 e. The van der Waals surface area contributed by atoms with Crippen LogP contribution in [0.5, 0.6) is 11.5 Å². The maximum atomic E-state index is 5.42. The summed E-state index contributed by atoms with van der Waals surface area (Å²) in [6, 6.07) is 4.08. The first-order valence-corrected chi connectivity index (χ1v) is 8.61. The van der Waals surface area contributed by atoms with Crippen molar-refractivity contribution in [3.8, 4) is 11.5 Å². The highest BCUT2D eigenvalue weighted by Crippen LogP contribution is 2.35. The van der Waals surface area contributed by atoms with E-state index in [1.807, 2.05) is 19.9 Å². The molecule has 23 heavy (non-hydrogen) atoms. The zero-order valence-electron chi connectivity index (χ0n) is 14.6. The van der Waals surface area contributed by atoms with Crippen molar-refractivity contribution in [2.24, 2.45) is 0 Å². The molecular formula is C17H24N2O3S. The van der Waals surface area contributed by atoms with Crippen LogP contribution < -0.4 is 9.47 Å². The van der Waals surface area contributed by atoms with Gasteiger partial charge in [0.2, 0.25) is 0 Å². The molecule has 0 aliphatic carbocycles. The minimum absolute atomic E-state index is 0.756. The fraction of sp³-hybridized carbons (Fsp3) is 0.471. The third kappa shape index (κ3) is 4.00. The molecule has 126 valence electrons. The predicted octanol–water partition coefficient (Wildman–Crippen LogP) is 3.66. The summed E-state index contributed by atoms with van der Waals surface area (Å²) < 4.78 is 16.0. The molecule has 1 aromatic heterocycles. The highest BCUT2D eigenvalue weighted by molar-refractivity contribution is 7.98. The van der Waals surface area contributed by atoms with E-state index in [2.05, 4.69) is 29.4 Å². The number of hydrogen-bond acceptors (Lipinski definition) is 6. The van der Waals surface area contributed by atoms with Gasteiger partial charge in [-0.1, -0.05) is 5.16 Å². The van der Waals surface area contributed by atoms with Gasteiger partial charge in [0.15, 0.2) is 11.5 Å². The third-order valence-electron chi connectivity index (χ3n) is 3.84. The van der Waals surface area contributed by atoms with E-state index in [0.29, 0.717) is 0 Å². The summed E-state index contributed by atoms with van der Waals surface area (Å²) in [5.41, 5.74) is 3.31. The topological polar surface area (TPSA) is 47.7 Å². The van der Waals surface area contributed by atoms with E-state index in [9.17, 15) is 0 Å². The molecule has 0 spiro atoms. The minimum Gasteiger partial charge on any atom is -0.493 e. The lowest BCUT2D eigenvalue weighted by Crippen LogP contribution is -2.18. The second-order valence-corrected chi connectivity index (χ2v) is 6.34. The van der Waals surface area contributed by atoms with Gasteiger partial charge < -0.3 is 14.0 Å². The average Bonchev–Trinajstić information content (AvgIpc) is 2.86. The van der Waals surface area contributed by atoms with E-state index < -0.39 is 0 Å². The maximum Gasteiger partial charge on any atom is 0.161 e. The molecule has 0 aliphatic rings. The fourth-order valence-corrected chi connectivity index (χ4v) is 3.17. The molecule has 2 rings (SSSR count). The molecule has 6 heteroatoms. The molecule has 0 fully saturated rings. The first-order valence-electron chi connectivity index (χ1n) is 7.39. The molecule has 0 unspecified atom stereocenters. The summed E-state index contributed by atoms with van der Waals surface area (Å²) >= 11 is 1.71. The number of ether oxygens (including phenoxy) is 2. The van der Waals surface area contributed by atoms with Crippen LogP contribution >= 0.6 is 11.8 Å². The zero-order chi connectivity index (χ0) is 17.0. The molecule has 0 aliphatic heterocycles. The van der Waals surface area contributed by atoms with Crippen LogP contribution in [-0.2, 0) is 13.1 Å². The van der Waals surface area contributed by atoms with Gasteiger partial charge in [-0.3, -0.25) is 4.90 Å². The van der Waals surface area contributed by atoms with Crippen molar-refractivity contribution >= 4 is 11.8 Å². The Morgan fingerprint density at radius 3 is 2.30 bits per heavy atom. The van der Waals surface area contributed by atoms with Crippen LogP contribution in [0.4, 0.5) is 0 Å². The number of aryl methyl sites for hydroxylation is 2. The normalized spacial score (nSPS) is 11.1. The summed E-state index contributed by atoms with van der Waals surface area (Å²) in [5.74, 6) is 2.40. The quantitative estimate of drug-likeness (QED) is 0.719. The molecule has 0 atom stereocenters. The summed E-state index contributed by atoms with van der Waals surface area (Å²) in [6.07, 6.45) is 2.07. The van der Waals surface area contributed by atoms with Crippen molar-refractivity contribution in [3.63, 3.8) is 0 Å². The molecular weight excluding hydrogens is 312 g/mol. The first-order chi connectivity index (χ1) is 11.0. The van der Waals surface area contributed by atoms with Crippen LogP contribution in [0.3, 0.4) is 0 Å². The Labute approximate surface area is 141 Å². The lowest BCUT2D eigenvalue weighted by molar-refractivity contribution is 0.310. The van der Waals surface area contributed by atoms with Crippen molar-refractivity contribution in [1.82, 2.24) is 10.1 Å². The minimum atomic E-state index is 0.756. The van der Waals surface area contributed by atoms with Gasteiger partial charge in [-0.15, -0.1) is 11.8 Å². The molecule has 0 saturated carbocycles. The van der Waals surface area contributed by atoms with Crippen LogP contribution in [0.15, 0.2) is 21.6 Å². The number of rotatable bonds is 7. The molecule has 2 aromatic rings. The van der Waals surface area contributed by atoms with E-state index >= 15 is 0 Å². The number of hydrogen-bond donors (Lipinski definition) is 0. The Kier molecular flexibility index (Phi) is 5.96. The smallest absolute Gasteiger partial charge is 0.161 e. The Hall–Kier alpha value is -1.66. The van der Waals surface area contributed by atoms with E-state index in [4.69, 9.17) is 14.0 Å². The van der Waals surface area contributed by atoms with E-state index in [0.717, 1.165) is 41.6 Å². The van der Waals surface area contributed by atoms with Gasteiger partial charge in [0.1, 0.15) is 5.76 Å². The standard InChI is InChI=1S/C17H24N2O3S/c1-11-14(12(2)22-18-11)10-19(3)9-13-7-15(20-4)16(21-5)8-17(13)23-6/h7-8H,9-10H2,1-6H3. The van der Waals surface area contributed by atoms with Gasteiger partial charge in [-0.25, -0.2) is 0 Å². The van der Waals surface area contributed by atoms with E-state index in [-0.39, 0.29) is 0 Å². The van der Waals surface area contributed by atoms with Crippen molar-refractivity contribution in [2.45, 2.75) is 31.8 Å². The second-order valence-electron chi connectivity index (χ2n) is 5.49. The number of benzene rings is 1. The fourth-order valence-electron chi connectivity index (χ4n) is 2.56. The lowest BCUT2D eigenvalue weighted by Gasteiger charge is -2.20. The third-order valence-corrected chi connectivity index (χ3v) is 4.66. The number of methoxy groups -OCH3 is 2. The van der Waals surface area contributed by atoms with Gasteiger partial charge in [0.25, 0.3) is 0 Å². The summed E-state index contributed by atoms with van der Waals surface area (Å²) in [4.78, 5) is 3.43. The molecule has 5 nitrogen and oxygen atoms in total. The Morgan fingerprint density at radius 1 is 1.13 bits per heavy atom. The highest BCUT2D eigenvalue weighted by atomic mass is 32.2. The number of thioether (sulfide) groups is 1. The number of nitrogens with zero attached hydrogens (tertiary/aromatic N) is 2. The molecule has 1 aromatic carbocycles. The number of aromatic nitrogens is 1. The van der Waals surface area contributed by atoms with Gasteiger partial charge >= 0.3 is 0 Å². The second kappa shape index (κ2) is 7.75. The SMILES string of the molecule is COc1cc(CN(C)Cc2c(C)noc2C)c(SC)cc1OC. The predicted molar refractivity (Wildman–Crippen MR) is 92.5 cm³/mol. The van der Waals surface area contributed by atoms with Crippen molar-refractivity contribution < 1.29 is 14.0 Å². The first kappa shape index (κ1) is 17.7. The Bertz CT molecular complexity index is 651. The van der Waals surface area contributed by atoms with Crippen LogP contribution in [-0.4, -0.2) is 37.6 Å². The average molecular weight is 336 g/mol. The molecule has 0 amide bonds. The van der Waals surface area contributed by atoms with Crippen LogP contribution in [0.25, 0.3) is 0 Å². The van der Waals surface area contributed by atoms with Gasteiger partial charge in [-0.05, 0) is 44.8 Å². The summed E-state index contributed by atoms with van der Waals surface area (Å²) in [5, 5.41) is 4.02. The molecule has 1 heterocycles.